The summed E-state index contributed by atoms with van der Waals surface area (Å²) in [5.74, 6) is 0.263. The molecule has 34 heavy (non-hydrogen) atoms. The van der Waals surface area contributed by atoms with Crippen LogP contribution in [0.4, 0.5) is 0 Å². The molecular weight excluding hydrogens is 471 g/mol. The van der Waals surface area contributed by atoms with E-state index in [1.54, 1.807) is 23.1 Å². The molecule has 1 aliphatic rings. The number of halogens is 2. The molecule has 3 rings (SSSR count). The Balaban J connectivity index is 1.80. The second-order valence-corrected chi connectivity index (χ2v) is 9.93. The van der Waals surface area contributed by atoms with Crippen molar-refractivity contribution in [2.45, 2.75) is 77.9 Å². The van der Waals surface area contributed by atoms with Gasteiger partial charge in [0.05, 0.1) is 0 Å². The fraction of sp³-hybridized carbons (Fsp3) is 0.481. The Hall–Kier alpha value is -2.24. The molecule has 0 bridgehead atoms. The summed E-state index contributed by atoms with van der Waals surface area (Å²) in [7, 11) is 0. The van der Waals surface area contributed by atoms with Crippen molar-refractivity contribution in [3.63, 3.8) is 0 Å². The maximum atomic E-state index is 13.4. The number of rotatable bonds is 9. The van der Waals surface area contributed by atoms with Crippen LogP contribution >= 0.6 is 23.2 Å². The molecule has 0 heterocycles. The summed E-state index contributed by atoms with van der Waals surface area (Å²) in [4.78, 5) is 28.3. The third-order valence-corrected chi connectivity index (χ3v) is 6.96. The number of aryl methyl sites for hydroxylation is 2. The van der Waals surface area contributed by atoms with E-state index < -0.39 is 6.04 Å². The van der Waals surface area contributed by atoms with Gasteiger partial charge in [-0.15, -0.1) is 0 Å². The number of benzene rings is 2. The van der Waals surface area contributed by atoms with Gasteiger partial charge in [0.25, 0.3) is 5.91 Å². The van der Waals surface area contributed by atoms with Crippen LogP contribution in [0, 0.1) is 13.8 Å². The van der Waals surface area contributed by atoms with Crippen LogP contribution < -0.4 is 10.1 Å². The Labute approximate surface area is 212 Å². The van der Waals surface area contributed by atoms with Crippen LogP contribution in [0.25, 0.3) is 0 Å². The number of carbonyl (C=O) groups excluding carboxylic acids is 2. The van der Waals surface area contributed by atoms with Crippen LogP contribution in [0.2, 0.25) is 10.0 Å². The minimum absolute atomic E-state index is 0.126. The first-order valence-electron chi connectivity index (χ1n) is 12.0. The molecule has 1 aliphatic carbocycles. The summed E-state index contributed by atoms with van der Waals surface area (Å²) in [6, 6.07) is 10.5. The van der Waals surface area contributed by atoms with Gasteiger partial charge in [-0.25, -0.2) is 0 Å². The van der Waals surface area contributed by atoms with Crippen molar-refractivity contribution in [3.05, 3.63) is 63.1 Å². The van der Waals surface area contributed by atoms with Crippen LogP contribution in [0.5, 0.6) is 5.75 Å². The van der Waals surface area contributed by atoms with Gasteiger partial charge in [-0.3, -0.25) is 9.59 Å². The number of carbonyl (C=O) groups is 2. The predicted octanol–water partition coefficient (Wildman–Crippen LogP) is 6.25. The fourth-order valence-corrected chi connectivity index (χ4v) is 4.95. The largest absolute Gasteiger partial charge is 0.483 e. The summed E-state index contributed by atoms with van der Waals surface area (Å²) >= 11 is 12.5. The molecule has 0 aliphatic heterocycles. The van der Waals surface area contributed by atoms with Gasteiger partial charge in [-0.1, -0.05) is 73.2 Å². The van der Waals surface area contributed by atoms with E-state index in [-0.39, 0.29) is 31.0 Å². The number of nitrogens with zero attached hydrogens (tertiary/aromatic N) is 1. The van der Waals surface area contributed by atoms with E-state index in [1.165, 1.54) is 6.42 Å². The van der Waals surface area contributed by atoms with Crippen molar-refractivity contribution in [1.82, 2.24) is 10.2 Å². The lowest BCUT2D eigenvalue weighted by Gasteiger charge is -2.33. The van der Waals surface area contributed by atoms with Crippen LogP contribution in [0.3, 0.4) is 0 Å². The van der Waals surface area contributed by atoms with Crippen molar-refractivity contribution in [2.75, 3.05) is 6.61 Å². The zero-order chi connectivity index (χ0) is 24.7. The van der Waals surface area contributed by atoms with Crippen molar-refractivity contribution < 1.29 is 14.3 Å². The second-order valence-electron chi connectivity index (χ2n) is 9.08. The average Bonchev–Trinajstić information content (AvgIpc) is 2.80. The summed E-state index contributed by atoms with van der Waals surface area (Å²) in [6.45, 7) is 5.91. The second kappa shape index (κ2) is 12.5. The van der Waals surface area contributed by atoms with Crippen molar-refractivity contribution in [3.8, 4) is 5.75 Å². The molecule has 1 fully saturated rings. The summed E-state index contributed by atoms with van der Waals surface area (Å²) in [5.41, 5.74) is 2.82. The SMILES string of the molecule is CCC(C(=O)NC1CCCCC1)N(Cc1ccc(Cl)cc1Cl)C(=O)COc1ccc(C)cc1C. The van der Waals surface area contributed by atoms with Crippen LogP contribution in [-0.4, -0.2) is 35.4 Å². The highest BCUT2D eigenvalue weighted by Gasteiger charge is 2.31. The average molecular weight is 505 g/mol. The van der Waals surface area contributed by atoms with E-state index in [0.29, 0.717) is 22.2 Å². The minimum Gasteiger partial charge on any atom is -0.483 e. The molecule has 7 heteroatoms. The predicted molar refractivity (Wildman–Crippen MR) is 138 cm³/mol. The van der Waals surface area contributed by atoms with Crippen LogP contribution in [0.1, 0.15) is 62.1 Å². The number of amides is 2. The number of ether oxygens (including phenoxy) is 1. The lowest BCUT2D eigenvalue weighted by atomic mass is 9.95. The first-order valence-corrected chi connectivity index (χ1v) is 12.8. The summed E-state index contributed by atoms with van der Waals surface area (Å²) in [6.07, 6.45) is 5.89. The zero-order valence-corrected chi connectivity index (χ0v) is 21.7. The fourth-order valence-electron chi connectivity index (χ4n) is 4.48. The molecule has 1 N–H and O–H groups in total. The molecule has 2 aromatic carbocycles. The molecule has 1 unspecified atom stereocenters. The minimum atomic E-state index is -0.621. The van der Waals surface area contributed by atoms with E-state index in [2.05, 4.69) is 5.32 Å². The Bertz CT molecular complexity index is 1010. The Morgan fingerprint density at radius 3 is 2.47 bits per heavy atom. The van der Waals surface area contributed by atoms with Gasteiger partial charge in [0.1, 0.15) is 11.8 Å². The molecule has 2 aromatic rings. The highest BCUT2D eigenvalue weighted by molar-refractivity contribution is 6.35. The Morgan fingerprint density at radius 2 is 1.82 bits per heavy atom. The van der Waals surface area contributed by atoms with Crippen molar-refractivity contribution >= 4 is 35.0 Å². The quantitative estimate of drug-likeness (QED) is 0.439. The topological polar surface area (TPSA) is 58.6 Å². The third kappa shape index (κ3) is 7.13. The maximum absolute atomic E-state index is 13.4. The lowest BCUT2D eigenvalue weighted by Crippen LogP contribution is -2.52. The van der Waals surface area contributed by atoms with Crippen molar-refractivity contribution in [1.29, 1.82) is 0 Å². The number of nitrogens with one attached hydrogen (secondary N) is 1. The molecular formula is C27H34Cl2N2O3. The summed E-state index contributed by atoms with van der Waals surface area (Å²) in [5, 5.41) is 4.16. The highest BCUT2D eigenvalue weighted by atomic mass is 35.5. The van der Waals surface area contributed by atoms with Crippen LogP contribution in [-0.2, 0) is 16.1 Å². The molecule has 184 valence electrons. The van der Waals surface area contributed by atoms with Gasteiger partial charge < -0.3 is 15.0 Å². The smallest absolute Gasteiger partial charge is 0.261 e. The Kier molecular flexibility index (Phi) is 9.66. The number of hydrogen-bond donors (Lipinski definition) is 1. The molecule has 0 saturated heterocycles. The van der Waals surface area contributed by atoms with Gasteiger partial charge >= 0.3 is 0 Å². The zero-order valence-electron chi connectivity index (χ0n) is 20.2. The van der Waals surface area contributed by atoms with E-state index in [9.17, 15) is 9.59 Å². The lowest BCUT2D eigenvalue weighted by molar-refractivity contribution is -0.143. The van der Waals surface area contributed by atoms with Gasteiger partial charge in [-0.05, 0) is 62.4 Å². The third-order valence-electron chi connectivity index (χ3n) is 6.37. The number of hydrogen-bond acceptors (Lipinski definition) is 3. The van der Waals surface area contributed by atoms with E-state index in [4.69, 9.17) is 27.9 Å². The van der Waals surface area contributed by atoms with E-state index >= 15 is 0 Å². The van der Waals surface area contributed by atoms with Gasteiger partial charge in [-0.2, -0.15) is 0 Å². The van der Waals surface area contributed by atoms with E-state index in [1.807, 2.05) is 39.0 Å². The first kappa shape index (κ1) is 26.4. The standard InChI is InChI=1S/C27H34Cl2N2O3/c1-4-24(27(33)30-22-8-6-5-7-9-22)31(16-20-11-12-21(28)15-23(20)29)26(32)17-34-25-13-10-18(2)14-19(25)3/h10-15,22,24H,4-9,16-17H2,1-3H3,(H,30,33). The molecule has 5 nitrogen and oxygen atoms in total. The monoisotopic (exact) mass is 504 g/mol. The first-order chi connectivity index (χ1) is 16.3. The van der Waals surface area contributed by atoms with Gasteiger partial charge in [0.15, 0.2) is 6.61 Å². The van der Waals surface area contributed by atoms with Gasteiger partial charge in [0.2, 0.25) is 5.91 Å². The van der Waals surface area contributed by atoms with Crippen molar-refractivity contribution in [2.24, 2.45) is 0 Å². The van der Waals surface area contributed by atoms with Gasteiger partial charge in [0, 0.05) is 22.6 Å². The van der Waals surface area contributed by atoms with E-state index in [0.717, 1.165) is 42.4 Å². The van der Waals surface area contributed by atoms with Crippen LogP contribution in [0.15, 0.2) is 36.4 Å². The molecule has 1 saturated carbocycles. The highest BCUT2D eigenvalue weighted by Crippen LogP contribution is 2.25. The summed E-state index contributed by atoms with van der Waals surface area (Å²) < 4.78 is 5.87. The maximum Gasteiger partial charge on any atom is 0.261 e. The normalized spacial score (nSPS) is 15.0. The Morgan fingerprint density at radius 1 is 1.09 bits per heavy atom. The molecule has 2 amide bonds. The molecule has 0 aromatic heterocycles. The molecule has 0 spiro atoms. The molecule has 0 radical (unpaired) electrons. The molecule has 1 atom stereocenters.